The van der Waals surface area contributed by atoms with Gasteiger partial charge in [-0.3, -0.25) is 4.79 Å². The normalized spacial score (nSPS) is 16.6. The Morgan fingerprint density at radius 1 is 1.22 bits per heavy atom. The van der Waals surface area contributed by atoms with Gasteiger partial charge >= 0.3 is 0 Å². The maximum Gasteiger partial charge on any atom is 0.273 e. The van der Waals surface area contributed by atoms with Crippen LogP contribution in [0.2, 0.25) is 10.0 Å². The molecule has 0 radical (unpaired) electrons. The van der Waals surface area contributed by atoms with E-state index in [4.69, 9.17) is 33.8 Å². The van der Waals surface area contributed by atoms with Gasteiger partial charge in [-0.1, -0.05) is 58.7 Å². The first-order valence-corrected chi connectivity index (χ1v) is 7.63. The maximum atomic E-state index is 12.3. The number of nitrogens with two attached hydrogens (primary N) is 1. The third-order valence-corrected chi connectivity index (χ3v) is 4.06. The highest BCUT2D eigenvalue weighted by Crippen LogP contribution is 2.32. The van der Waals surface area contributed by atoms with Gasteiger partial charge in [0.1, 0.15) is 5.71 Å². The lowest BCUT2D eigenvalue weighted by Crippen LogP contribution is -2.21. The summed E-state index contributed by atoms with van der Waals surface area (Å²) in [5, 5.41) is 7.11. The van der Waals surface area contributed by atoms with Crippen molar-refractivity contribution in [2.75, 3.05) is 11.1 Å². The molecule has 0 aromatic heterocycles. The van der Waals surface area contributed by atoms with E-state index in [-0.39, 0.29) is 27.7 Å². The van der Waals surface area contributed by atoms with Gasteiger partial charge in [0.25, 0.3) is 5.91 Å². The molecule has 1 amide bonds. The molecule has 0 saturated heterocycles. The van der Waals surface area contributed by atoms with Gasteiger partial charge < -0.3 is 15.9 Å². The molecule has 1 heterocycles. The highest BCUT2D eigenvalue weighted by Gasteiger charge is 2.27. The monoisotopic (exact) mass is 349 g/mol. The van der Waals surface area contributed by atoms with E-state index >= 15 is 0 Å². The molecule has 0 aliphatic carbocycles. The van der Waals surface area contributed by atoms with E-state index in [1.54, 1.807) is 0 Å². The van der Waals surface area contributed by atoms with E-state index in [2.05, 4.69) is 10.5 Å². The third-order valence-electron chi connectivity index (χ3n) is 3.44. The minimum atomic E-state index is -0.361. The number of nitrogen functional groups attached to an aromatic ring is 1. The number of hydrogen-bond acceptors (Lipinski definition) is 4. The topological polar surface area (TPSA) is 76.7 Å². The minimum Gasteiger partial charge on any atom is -0.396 e. The number of carbonyl (C=O) groups excluding carboxylic acids is 1. The van der Waals surface area contributed by atoms with E-state index < -0.39 is 0 Å². The number of carbonyl (C=O) groups is 1. The van der Waals surface area contributed by atoms with Crippen molar-refractivity contribution in [3.05, 3.63) is 58.1 Å². The highest BCUT2D eigenvalue weighted by molar-refractivity contribution is 6.44. The summed E-state index contributed by atoms with van der Waals surface area (Å²) in [4.78, 5) is 17.6. The summed E-state index contributed by atoms with van der Waals surface area (Å²) in [6.45, 7) is 0. The Bertz CT molecular complexity index is 755. The molecular weight excluding hydrogens is 337 g/mol. The van der Waals surface area contributed by atoms with Gasteiger partial charge in [-0.15, -0.1) is 0 Å². The highest BCUT2D eigenvalue weighted by atomic mass is 35.5. The smallest absolute Gasteiger partial charge is 0.273 e. The lowest BCUT2D eigenvalue weighted by Gasteiger charge is -2.09. The SMILES string of the molecule is Nc1c(Cl)cc(NC(=O)C2=NO[C@@H](c3ccccc3)C2)cc1Cl. The Balaban J connectivity index is 1.68. The van der Waals surface area contributed by atoms with Gasteiger partial charge in [0.05, 0.1) is 15.7 Å². The predicted octanol–water partition coefficient (Wildman–Crippen LogP) is 4.03. The number of amides is 1. The van der Waals surface area contributed by atoms with Gasteiger partial charge in [-0.05, 0) is 17.7 Å². The van der Waals surface area contributed by atoms with Crippen LogP contribution in [-0.4, -0.2) is 11.6 Å². The van der Waals surface area contributed by atoms with Crippen LogP contribution in [0.5, 0.6) is 0 Å². The fraction of sp³-hybridized carbons (Fsp3) is 0.125. The lowest BCUT2D eigenvalue weighted by atomic mass is 10.0. The summed E-state index contributed by atoms with van der Waals surface area (Å²) in [5.41, 5.74) is 7.67. The Morgan fingerprint density at radius 2 is 1.87 bits per heavy atom. The van der Waals surface area contributed by atoms with Gasteiger partial charge in [-0.2, -0.15) is 0 Å². The summed E-state index contributed by atoms with van der Waals surface area (Å²) in [7, 11) is 0. The molecule has 2 aromatic carbocycles. The Morgan fingerprint density at radius 3 is 2.52 bits per heavy atom. The van der Waals surface area contributed by atoms with Crippen LogP contribution in [0.1, 0.15) is 18.1 Å². The van der Waals surface area contributed by atoms with Crippen LogP contribution in [0.3, 0.4) is 0 Å². The Kier molecular flexibility index (Phi) is 4.41. The van der Waals surface area contributed by atoms with Gasteiger partial charge in [0.15, 0.2) is 6.10 Å². The molecule has 0 saturated carbocycles. The Hall–Kier alpha value is -2.24. The average Bonchev–Trinajstić information content (AvgIpc) is 3.03. The lowest BCUT2D eigenvalue weighted by molar-refractivity contribution is -0.110. The first-order chi connectivity index (χ1) is 11.0. The van der Waals surface area contributed by atoms with Gasteiger partial charge in [-0.25, -0.2) is 0 Å². The van der Waals surface area contributed by atoms with Crippen molar-refractivity contribution in [2.45, 2.75) is 12.5 Å². The number of anilines is 2. The number of rotatable bonds is 3. The molecule has 3 rings (SSSR count). The summed E-state index contributed by atoms with van der Waals surface area (Å²) in [6.07, 6.45) is 0.141. The van der Waals surface area contributed by atoms with Gasteiger partial charge in [0.2, 0.25) is 0 Å². The quantitative estimate of drug-likeness (QED) is 0.821. The zero-order valence-electron chi connectivity index (χ0n) is 11.9. The zero-order valence-corrected chi connectivity index (χ0v) is 13.4. The predicted molar refractivity (Wildman–Crippen MR) is 91.8 cm³/mol. The van der Waals surface area contributed by atoms with Crippen LogP contribution in [0.25, 0.3) is 0 Å². The maximum absolute atomic E-state index is 12.3. The molecule has 1 atom stereocenters. The molecule has 0 bridgehead atoms. The van der Waals surface area contributed by atoms with Crippen molar-refractivity contribution in [1.82, 2.24) is 0 Å². The molecular formula is C16H13Cl2N3O2. The van der Waals surface area contributed by atoms with Crippen LogP contribution < -0.4 is 11.1 Å². The Labute approximate surface area is 143 Å². The number of nitrogens with zero attached hydrogens (tertiary/aromatic N) is 1. The van der Waals surface area contributed by atoms with Crippen LogP contribution in [0.15, 0.2) is 47.6 Å². The molecule has 1 aliphatic rings. The molecule has 23 heavy (non-hydrogen) atoms. The molecule has 0 spiro atoms. The van der Waals surface area contributed by atoms with Crippen molar-refractivity contribution < 1.29 is 9.63 Å². The van der Waals surface area contributed by atoms with Crippen LogP contribution in [0.4, 0.5) is 11.4 Å². The first kappa shape index (κ1) is 15.6. The van der Waals surface area contributed by atoms with Crippen molar-refractivity contribution in [2.24, 2.45) is 5.16 Å². The molecule has 5 nitrogen and oxygen atoms in total. The number of hydrogen-bond donors (Lipinski definition) is 2. The van der Waals surface area contributed by atoms with Crippen LogP contribution >= 0.6 is 23.2 Å². The van der Waals surface area contributed by atoms with Gasteiger partial charge in [0, 0.05) is 12.1 Å². The molecule has 2 aromatic rings. The van der Waals surface area contributed by atoms with Crippen molar-refractivity contribution in [3.8, 4) is 0 Å². The second kappa shape index (κ2) is 6.48. The number of halogens is 2. The molecule has 1 aliphatic heterocycles. The summed E-state index contributed by atoms with van der Waals surface area (Å²) >= 11 is 11.9. The second-order valence-electron chi connectivity index (χ2n) is 5.05. The second-order valence-corrected chi connectivity index (χ2v) is 5.87. The first-order valence-electron chi connectivity index (χ1n) is 6.88. The van der Waals surface area contributed by atoms with E-state index in [0.717, 1.165) is 5.56 Å². The van der Waals surface area contributed by atoms with Crippen LogP contribution in [0, 0.1) is 0 Å². The molecule has 0 unspecified atom stereocenters. The fourth-order valence-electron chi connectivity index (χ4n) is 2.22. The van der Waals surface area contributed by atoms with Crippen LogP contribution in [-0.2, 0) is 9.63 Å². The van der Waals surface area contributed by atoms with E-state index in [1.165, 1.54) is 12.1 Å². The molecule has 118 valence electrons. The zero-order chi connectivity index (χ0) is 16.4. The average molecular weight is 350 g/mol. The largest absolute Gasteiger partial charge is 0.396 e. The molecule has 0 fully saturated rings. The summed E-state index contributed by atoms with van der Waals surface area (Å²) < 4.78 is 0. The number of oxime groups is 1. The third kappa shape index (κ3) is 3.41. The van der Waals surface area contributed by atoms with Crippen molar-refractivity contribution >= 4 is 46.2 Å². The fourth-order valence-corrected chi connectivity index (χ4v) is 2.70. The number of benzene rings is 2. The summed E-state index contributed by atoms with van der Waals surface area (Å²) in [5.74, 6) is -0.361. The summed E-state index contributed by atoms with van der Waals surface area (Å²) in [6, 6.07) is 12.7. The number of nitrogens with one attached hydrogen (secondary N) is 1. The molecule has 3 N–H and O–H groups in total. The molecule has 7 heteroatoms. The van der Waals surface area contributed by atoms with E-state index in [1.807, 2.05) is 30.3 Å². The van der Waals surface area contributed by atoms with E-state index in [9.17, 15) is 4.79 Å². The van der Waals surface area contributed by atoms with E-state index in [0.29, 0.717) is 17.8 Å². The minimum absolute atomic E-state index is 0.254. The van der Waals surface area contributed by atoms with Crippen molar-refractivity contribution in [1.29, 1.82) is 0 Å². The standard InChI is InChI=1S/C16H13Cl2N3O2/c17-11-6-10(7-12(18)15(11)19)20-16(22)13-8-14(23-21-13)9-4-2-1-3-5-9/h1-7,14H,8,19H2,(H,20,22)/t14-/m1/s1. The van der Waals surface area contributed by atoms with Crippen molar-refractivity contribution in [3.63, 3.8) is 0 Å².